The fraction of sp³-hybridized carbons (Fsp3) is 0.722. The zero-order valence-electron chi connectivity index (χ0n) is 14.0. The summed E-state index contributed by atoms with van der Waals surface area (Å²) in [4.78, 5) is 16.7. The van der Waals surface area contributed by atoms with Crippen LogP contribution in [0.2, 0.25) is 0 Å². The highest BCUT2D eigenvalue weighted by Crippen LogP contribution is 2.15. The van der Waals surface area contributed by atoms with Gasteiger partial charge in [-0.1, -0.05) is 0 Å². The number of aromatic nitrogens is 1. The van der Waals surface area contributed by atoms with Gasteiger partial charge in [0.05, 0.1) is 6.20 Å². The van der Waals surface area contributed by atoms with E-state index in [1.165, 1.54) is 51.7 Å². The van der Waals surface area contributed by atoms with Gasteiger partial charge in [0.15, 0.2) is 5.75 Å². The Labute approximate surface area is 138 Å². The van der Waals surface area contributed by atoms with E-state index in [0.29, 0.717) is 0 Å². The van der Waals surface area contributed by atoms with Crippen molar-refractivity contribution in [1.29, 1.82) is 0 Å². The van der Waals surface area contributed by atoms with Crippen molar-refractivity contribution in [3.8, 4) is 5.75 Å². The van der Waals surface area contributed by atoms with E-state index in [4.69, 9.17) is 0 Å². The number of rotatable bonds is 7. The molecule has 2 aliphatic rings. The molecule has 0 unspecified atom stereocenters. The van der Waals surface area contributed by atoms with Gasteiger partial charge in [-0.25, -0.2) is 0 Å². The fourth-order valence-corrected chi connectivity index (χ4v) is 3.74. The average Bonchev–Trinajstić information content (AvgIpc) is 3.21. The second-order valence-electron chi connectivity index (χ2n) is 6.95. The quantitative estimate of drug-likeness (QED) is 0.781. The van der Waals surface area contributed by atoms with Crippen LogP contribution >= 0.6 is 0 Å². The van der Waals surface area contributed by atoms with Gasteiger partial charge in [-0.3, -0.25) is 9.69 Å². The van der Waals surface area contributed by atoms with E-state index in [-0.39, 0.29) is 11.2 Å². The average molecular weight is 319 g/mol. The molecule has 3 heterocycles. The Kier molecular flexibility index (Phi) is 5.73. The van der Waals surface area contributed by atoms with Gasteiger partial charge in [-0.15, -0.1) is 0 Å². The number of likely N-dealkylation sites (tertiary alicyclic amines) is 2. The Morgan fingerprint density at radius 3 is 2.22 bits per heavy atom. The van der Waals surface area contributed by atoms with Crippen molar-refractivity contribution >= 4 is 0 Å². The second kappa shape index (κ2) is 7.97. The molecule has 0 saturated carbocycles. The number of pyridine rings is 1. The third kappa shape index (κ3) is 4.58. The lowest BCUT2D eigenvalue weighted by molar-refractivity contribution is 0.311. The number of nitrogens with zero attached hydrogens (tertiary/aromatic N) is 3. The molecule has 0 amide bonds. The molecular weight excluding hydrogens is 290 g/mol. The molecule has 0 aliphatic carbocycles. The molecule has 1 aromatic rings. The Bertz CT molecular complexity index is 558. The molecule has 128 valence electrons. The summed E-state index contributed by atoms with van der Waals surface area (Å²) < 4.78 is 2.08. The van der Waals surface area contributed by atoms with Crippen LogP contribution in [0, 0.1) is 0 Å². The zero-order valence-corrected chi connectivity index (χ0v) is 14.0. The smallest absolute Gasteiger partial charge is 0.223 e. The van der Waals surface area contributed by atoms with E-state index in [2.05, 4.69) is 14.4 Å². The molecule has 1 aromatic heterocycles. The normalized spacial score (nSPS) is 19.7. The van der Waals surface area contributed by atoms with Crippen LogP contribution < -0.4 is 5.43 Å². The van der Waals surface area contributed by atoms with Crippen molar-refractivity contribution in [2.24, 2.45) is 0 Å². The van der Waals surface area contributed by atoms with Crippen LogP contribution in [0.15, 0.2) is 17.1 Å². The van der Waals surface area contributed by atoms with Gasteiger partial charge in [0.25, 0.3) is 0 Å². The second-order valence-corrected chi connectivity index (χ2v) is 6.95. The Morgan fingerprint density at radius 2 is 1.52 bits per heavy atom. The van der Waals surface area contributed by atoms with Crippen molar-refractivity contribution in [3.63, 3.8) is 0 Å². The summed E-state index contributed by atoms with van der Waals surface area (Å²) in [5.41, 5.74) is 0.781. The summed E-state index contributed by atoms with van der Waals surface area (Å²) in [5, 5.41) is 9.76. The number of aryl methyl sites for hydroxylation is 1. The number of hydrogen-bond donors (Lipinski definition) is 1. The highest BCUT2D eigenvalue weighted by Gasteiger charge is 2.15. The van der Waals surface area contributed by atoms with Crippen LogP contribution in [0.25, 0.3) is 0 Å². The minimum atomic E-state index is -0.257. The predicted molar refractivity (Wildman–Crippen MR) is 91.8 cm³/mol. The van der Waals surface area contributed by atoms with Crippen LogP contribution in [0.4, 0.5) is 0 Å². The molecule has 23 heavy (non-hydrogen) atoms. The summed E-state index contributed by atoms with van der Waals surface area (Å²) in [7, 11) is 0. The van der Waals surface area contributed by atoms with Crippen LogP contribution in [0.3, 0.4) is 0 Å². The largest absolute Gasteiger partial charge is 0.503 e. The minimum absolute atomic E-state index is 0.130. The molecule has 0 atom stereocenters. The third-order valence-corrected chi connectivity index (χ3v) is 5.10. The van der Waals surface area contributed by atoms with Gasteiger partial charge in [0.1, 0.15) is 0 Å². The Hall–Kier alpha value is -1.33. The number of aromatic hydroxyl groups is 1. The van der Waals surface area contributed by atoms with Crippen LogP contribution in [0.1, 0.15) is 44.2 Å². The van der Waals surface area contributed by atoms with Crippen molar-refractivity contribution in [3.05, 3.63) is 28.2 Å². The van der Waals surface area contributed by atoms with Gasteiger partial charge in [-0.05, 0) is 71.2 Å². The van der Waals surface area contributed by atoms with E-state index < -0.39 is 0 Å². The molecule has 1 N–H and O–H groups in total. The lowest BCUT2D eigenvalue weighted by Crippen LogP contribution is -2.24. The summed E-state index contributed by atoms with van der Waals surface area (Å²) in [6.45, 7) is 7.60. The van der Waals surface area contributed by atoms with E-state index in [0.717, 1.165) is 38.3 Å². The maximum atomic E-state index is 11.8. The highest BCUT2D eigenvalue weighted by molar-refractivity contribution is 5.20. The SMILES string of the molecule is O=c1cc(CN2CCCC2)n(CCCCN2CCCC2)cc1O. The van der Waals surface area contributed by atoms with Crippen molar-refractivity contribution in [1.82, 2.24) is 14.4 Å². The summed E-state index contributed by atoms with van der Waals surface area (Å²) in [5.74, 6) is -0.130. The summed E-state index contributed by atoms with van der Waals surface area (Å²) in [6.07, 6.45) is 9.07. The molecular formula is C18H29N3O2. The van der Waals surface area contributed by atoms with E-state index in [1.54, 1.807) is 12.3 Å². The lowest BCUT2D eigenvalue weighted by atomic mass is 10.2. The van der Waals surface area contributed by atoms with Crippen molar-refractivity contribution < 1.29 is 5.11 Å². The topological polar surface area (TPSA) is 48.7 Å². The third-order valence-electron chi connectivity index (χ3n) is 5.10. The monoisotopic (exact) mass is 319 g/mol. The van der Waals surface area contributed by atoms with E-state index in [1.807, 2.05) is 0 Å². The molecule has 2 aliphatic heterocycles. The van der Waals surface area contributed by atoms with Crippen molar-refractivity contribution in [2.45, 2.75) is 51.6 Å². The summed E-state index contributed by atoms with van der Waals surface area (Å²) in [6, 6.07) is 1.62. The zero-order chi connectivity index (χ0) is 16.1. The number of unbranched alkanes of at least 4 members (excludes halogenated alkanes) is 1. The van der Waals surface area contributed by atoms with Crippen molar-refractivity contribution in [2.75, 3.05) is 32.7 Å². The first-order valence-electron chi connectivity index (χ1n) is 9.09. The van der Waals surface area contributed by atoms with Gasteiger partial charge in [0.2, 0.25) is 5.43 Å². The fourth-order valence-electron chi connectivity index (χ4n) is 3.74. The first kappa shape index (κ1) is 16.5. The lowest BCUT2D eigenvalue weighted by Gasteiger charge is -2.20. The maximum absolute atomic E-state index is 11.8. The summed E-state index contributed by atoms with van der Waals surface area (Å²) >= 11 is 0. The van der Waals surface area contributed by atoms with Gasteiger partial charge >= 0.3 is 0 Å². The highest BCUT2D eigenvalue weighted by atomic mass is 16.3. The Morgan fingerprint density at radius 1 is 0.913 bits per heavy atom. The van der Waals surface area contributed by atoms with E-state index >= 15 is 0 Å². The molecule has 5 nitrogen and oxygen atoms in total. The van der Waals surface area contributed by atoms with Gasteiger partial charge in [-0.2, -0.15) is 0 Å². The standard InChI is InChI=1S/C18H29N3O2/c22-17-13-16(14-20-10-3-4-11-20)21(15-18(17)23)12-6-5-9-19-7-1-2-8-19/h13,15,23H,1-12,14H2. The molecule has 0 spiro atoms. The Balaban J connectivity index is 1.57. The molecule has 0 radical (unpaired) electrons. The molecule has 5 heteroatoms. The molecule has 3 rings (SSSR count). The number of hydrogen-bond acceptors (Lipinski definition) is 4. The molecule has 2 fully saturated rings. The van der Waals surface area contributed by atoms with Crippen LogP contribution in [-0.2, 0) is 13.1 Å². The van der Waals surface area contributed by atoms with Crippen LogP contribution in [0.5, 0.6) is 5.75 Å². The van der Waals surface area contributed by atoms with Gasteiger partial charge < -0.3 is 14.6 Å². The molecule has 0 aromatic carbocycles. The van der Waals surface area contributed by atoms with Crippen LogP contribution in [-0.4, -0.2) is 52.2 Å². The molecule has 0 bridgehead atoms. The minimum Gasteiger partial charge on any atom is -0.503 e. The van der Waals surface area contributed by atoms with E-state index in [9.17, 15) is 9.90 Å². The first-order valence-corrected chi connectivity index (χ1v) is 9.09. The maximum Gasteiger partial charge on any atom is 0.223 e. The first-order chi connectivity index (χ1) is 11.2. The molecule has 2 saturated heterocycles. The van der Waals surface area contributed by atoms with Gasteiger partial charge in [0, 0.05) is 24.8 Å². The predicted octanol–water partition coefficient (Wildman–Crippen LogP) is 2.03.